The molecular formula is C17H22N6O. The molecule has 0 unspecified atom stereocenters. The van der Waals surface area contributed by atoms with E-state index in [2.05, 4.69) is 20.2 Å². The van der Waals surface area contributed by atoms with Crippen LogP contribution in [0.2, 0.25) is 0 Å². The first kappa shape index (κ1) is 15.1. The molecule has 2 aliphatic rings. The SMILES string of the molecule is O=C(c1cc(N2CCCn3nncc3C2)ccn1)N1CCCCC1. The average molecular weight is 326 g/mol. The number of nitrogens with zero attached hydrogens (tertiary/aromatic N) is 6. The molecule has 0 atom stereocenters. The summed E-state index contributed by atoms with van der Waals surface area (Å²) < 4.78 is 1.96. The maximum Gasteiger partial charge on any atom is 0.272 e. The molecule has 1 fully saturated rings. The van der Waals surface area contributed by atoms with Gasteiger partial charge in [-0.2, -0.15) is 0 Å². The van der Waals surface area contributed by atoms with Crippen LogP contribution in [-0.4, -0.2) is 50.4 Å². The van der Waals surface area contributed by atoms with Gasteiger partial charge in [-0.25, -0.2) is 4.68 Å². The van der Waals surface area contributed by atoms with Crippen molar-refractivity contribution in [2.75, 3.05) is 24.5 Å². The van der Waals surface area contributed by atoms with Crippen LogP contribution >= 0.6 is 0 Å². The van der Waals surface area contributed by atoms with Gasteiger partial charge in [-0.1, -0.05) is 5.21 Å². The molecule has 0 spiro atoms. The molecule has 1 amide bonds. The molecule has 24 heavy (non-hydrogen) atoms. The lowest BCUT2D eigenvalue weighted by atomic mass is 10.1. The molecule has 7 nitrogen and oxygen atoms in total. The highest BCUT2D eigenvalue weighted by Crippen LogP contribution is 2.21. The zero-order valence-electron chi connectivity index (χ0n) is 13.8. The van der Waals surface area contributed by atoms with Crippen molar-refractivity contribution in [2.45, 2.75) is 38.8 Å². The Balaban J connectivity index is 1.55. The number of pyridine rings is 1. The predicted octanol–water partition coefficient (Wildman–Crippen LogP) is 1.71. The van der Waals surface area contributed by atoms with E-state index in [0.29, 0.717) is 5.69 Å². The summed E-state index contributed by atoms with van der Waals surface area (Å²) in [5.74, 6) is 0.0538. The molecule has 0 aliphatic carbocycles. The second-order valence-electron chi connectivity index (χ2n) is 6.48. The Kier molecular flexibility index (Phi) is 4.15. The molecule has 4 rings (SSSR count). The van der Waals surface area contributed by atoms with E-state index in [0.717, 1.165) is 63.4 Å². The lowest BCUT2D eigenvalue weighted by Crippen LogP contribution is -2.36. The van der Waals surface area contributed by atoms with E-state index >= 15 is 0 Å². The van der Waals surface area contributed by atoms with Gasteiger partial charge in [0.1, 0.15) is 5.69 Å². The number of carbonyl (C=O) groups excluding carboxylic acids is 1. The summed E-state index contributed by atoms with van der Waals surface area (Å²) in [6.45, 7) is 4.27. The van der Waals surface area contributed by atoms with Crippen molar-refractivity contribution in [3.8, 4) is 0 Å². The Morgan fingerprint density at radius 3 is 2.79 bits per heavy atom. The third-order valence-corrected chi connectivity index (χ3v) is 4.82. The Morgan fingerprint density at radius 1 is 1.04 bits per heavy atom. The first-order chi connectivity index (χ1) is 11.8. The fourth-order valence-electron chi connectivity index (χ4n) is 3.49. The lowest BCUT2D eigenvalue weighted by molar-refractivity contribution is 0.0718. The highest BCUT2D eigenvalue weighted by atomic mass is 16.2. The quantitative estimate of drug-likeness (QED) is 0.840. The normalized spacial score (nSPS) is 18.2. The van der Waals surface area contributed by atoms with Crippen LogP contribution in [0, 0.1) is 0 Å². The number of piperidine rings is 1. The van der Waals surface area contributed by atoms with Gasteiger partial charge in [0, 0.05) is 38.1 Å². The number of amides is 1. The zero-order valence-corrected chi connectivity index (χ0v) is 13.8. The van der Waals surface area contributed by atoms with E-state index in [1.165, 1.54) is 6.42 Å². The van der Waals surface area contributed by atoms with E-state index in [1.54, 1.807) is 6.20 Å². The van der Waals surface area contributed by atoms with Crippen LogP contribution in [0.25, 0.3) is 0 Å². The number of rotatable bonds is 2. The smallest absolute Gasteiger partial charge is 0.272 e. The van der Waals surface area contributed by atoms with Gasteiger partial charge >= 0.3 is 0 Å². The maximum atomic E-state index is 12.7. The Hall–Kier alpha value is -2.44. The molecule has 2 aromatic rings. The van der Waals surface area contributed by atoms with Crippen LogP contribution in [0.4, 0.5) is 5.69 Å². The minimum absolute atomic E-state index is 0.0538. The summed E-state index contributed by atoms with van der Waals surface area (Å²) in [6, 6.07) is 3.91. The van der Waals surface area contributed by atoms with Crippen LogP contribution in [0.3, 0.4) is 0 Å². The van der Waals surface area contributed by atoms with Crippen molar-refractivity contribution >= 4 is 11.6 Å². The van der Waals surface area contributed by atoms with E-state index < -0.39 is 0 Å². The summed E-state index contributed by atoms with van der Waals surface area (Å²) in [7, 11) is 0. The Bertz CT molecular complexity index is 721. The van der Waals surface area contributed by atoms with Gasteiger partial charge in [-0.3, -0.25) is 9.78 Å². The van der Waals surface area contributed by atoms with Crippen LogP contribution < -0.4 is 4.90 Å². The van der Waals surface area contributed by atoms with E-state index in [1.807, 2.05) is 27.9 Å². The van der Waals surface area contributed by atoms with Gasteiger partial charge in [0.25, 0.3) is 5.91 Å². The molecule has 4 heterocycles. The first-order valence-electron chi connectivity index (χ1n) is 8.69. The first-order valence-corrected chi connectivity index (χ1v) is 8.69. The fraction of sp³-hybridized carbons (Fsp3) is 0.529. The topological polar surface area (TPSA) is 67.2 Å². The molecule has 2 aliphatic heterocycles. The molecule has 0 radical (unpaired) electrons. The summed E-state index contributed by atoms with van der Waals surface area (Å²) in [6.07, 6.45) is 7.97. The van der Waals surface area contributed by atoms with Gasteiger partial charge in [0.05, 0.1) is 18.4 Å². The molecule has 0 saturated carbocycles. The number of hydrogen-bond donors (Lipinski definition) is 0. The predicted molar refractivity (Wildman–Crippen MR) is 89.7 cm³/mol. The highest BCUT2D eigenvalue weighted by molar-refractivity contribution is 5.93. The molecule has 2 aromatic heterocycles. The number of anilines is 1. The van der Waals surface area contributed by atoms with Crippen LogP contribution in [0.15, 0.2) is 24.5 Å². The summed E-state index contributed by atoms with van der Waals surface area (Å²) in [5, 5.41) is 8.11. The van der Waals surface area contributed by atoms with Gasteiger partial charge in [0.15, 0.2) is 0 Å². The van der Waals surface area contributed by atoms with Crippen molar-refractivity contribution in [3.63, 3.8) is 0 Å². The molecule has 1 saturated heterocycles. The maximum absolute atomic E-state index is 12.7. The van der Waals surface area contributed by atoms with Crippen molar-refractivity contribution in [2.24, 2.45) is 0 Å². The minimum Gasteiger partial charge on any atom is -0.365 e. The largest absolute Gasteiger partial charge is 0.365 e. The number of carbonyl (C=O) groups is 1. The van der Waals surface area contributed by atoms with Crippen molar-refractivity contribution in [1.29, 1.82) is 0 Å². The summed E-state index contributed by atoms with van der Waals surface area (Å²) in [5.41, 5.74) is 2.69. The Morgan fingerprint density at radius 2 is 1.92 bits per heavy atom. The van der Waals surface area contributed by atoms with Gasteiger partial charge in [-0.15, -0.1) is 5.10 Å². The molecule has 126 valence electrons. The van der Waals surface area contributed by atoms with E-state index in [-0.39, 0.29) is 5.91 Å². The number of likely N-dealkylation sites (tertiary alicyclic amines) is 1. The van der Waals surface area contributed by atoms with E-state index in [9.17, 15) is 4.79 Å². The van der Waals surface area contributed by atoms with Crippen LogP contribution in [0.1, 0.15) is 41.9 Å². The molecule has 7 heteroatoms. The fourth-order valence-corrected chi connectivity index (χ4v) is 3.49. The lowest BCUT2D eigenvalue weighted by Gasteiger charge is -2.27. The minimum atomic E-state index is 0.0538. The number of aromatic nitrogens is 4. The van der Waals surface area contributed by atoms with Crippen molar-refractivity contribution < 1.29 is 4.79 Å². The second-order valence-corrected chi connectivity index (χ2v) is 6.48. The monoisotopic (exact) mass is 326 g/mol. The van der Waals surface area contributed by atoms with Crippen LogP contribution in [0.5, 0.6) is 0 Å². The standard InChI is InChI=1S/C17H22N6O/c24-17(21-7-2-1-3-8-21)16-11-14(5-6-18-16)22-9-4-10-23-15(13-22)12-19-20-23/h5-6,11-12H,1-4,7-10,13H2. The van der Waals surface area contributed by atoms with Crippen molar-refractivity contribution in [1.82, 2.24) is 24.9 Å². The Labute approximate surface area is 141 Å². The van der Waals surface area contributed by atoms with Gasteiger partial charge in [0.2, 0.25) is 0 Å². The zero-order chi connectivity index (χ0) is 16.4. The summed E-state index contributed by atoms with van der Waals surface area (Å²) >= 11 is 0. The van der Waals surface area contributed by atoms with E-state index in [4.69, 9.17) is 0 Å². The molecule has 0 bridgehead atoms. The summed E-state index contributed by atoms with van der Waals surface area (Å²) in [4.78, 5) is 21.2. The van der Waals surface area contributed by atoms with Crippen molar-refractivity contribution in [3.05, 3.63) is 35.9 Å². The van der Waals surface area contributed by atoms with Gasteiger partial charge < -0.3 is 9.80 Å². The average Bonchev–Trinajstić information content (AvgIpc) is 2.98. The number of fused-ring (bicyclic) bond motifs is 1. The molecule has 0 N–H and O–H groups in total. The third kappa shape index (κ3) is 2.98. The third-order valence-electron chi connectivity index (χ3n) is 4.82. The highest BCUT2D eigenvalue weighted by Gasteiger charge is 2.21. The van der Waals surface area contributed by atoms with Crippen LogP contribution in [-0.2, 0) is 13.1 Å². The molecule has 0 aromatic carbocycles. The molecular weight excluding hydrogens is 304 g/mol. The van der Waals surface area contributed by atoms with Gasteiger partial charge in [-0.05, 0) is 37.8 Å². The second kappa shape index (κ2) is 6.59. The number of hydrogen-bond acceptors (Lipinski definition) is 5. The number of aryl methyl sites for hydroxylation is 1.